The third-order valence-corrected chi connectivity index (χ3v) is 2.93. The predicted octanol–water partition coefficient (Wildman–Crippen LogP) is 1.30. The molecule has 0 amide bonds. The van der Waals surface area contributed by atoms with E-state index >= 15 is 0 Å². The number of nitrogens with zero attached hydrogens (tertiary/aromatic N) is 2. The van der Waals surface area contributed by atoms with E-state index in [0.717, 1.165) is 0 Å². The van der Waals surface area contributed by atoms with E-state index in [-0.39, 0.29) is 11.7 Å². The van der Waals surface area contributed by atoms with Crippen LogP contribution in [0.5, 0.6) is 0 Å². The first-order valence-electron chi connectivity index (χ1n) is 5.10. The summed E-state index contributed by atoms with van der Waals surface area (Å²) < 4.78 is 46.2. The Morgan fingerprint density at radius 3 is 2.59 bits per heavy atom. The first kappa shape index (κ1) is 12.3. The van der Waals surface area contributed by atoms with Crippen LogP contribution < -0.4 is 5.73 Å². The van der Waals surface area contributed by atoms with E-state index in [1.807, 2.05) is 0 Å². The highest BCUT2D eigenvalue weighted by Crippen LogP contribution is 2.33. The van der Waals surface area contributed by atoms with Gasteiger partial charge in [0.15, 0.2) is 5.82 Å². The zero-order valence-corrected chi connectivity index (χ0v) is 9.12. The van der Waals surface area contributed by atoms with Gasteiger partial charge in [0, 0.05) is 12.5 Å². The van der Waals surface area contributed by atoms with Crippen LogP contribution in [0.15, 0.2) is 4.52 Å². The number of ether oxygens (including phenoxy) is 1. The quantitative estimate of drug-likeness (QED) is 0.857. The van der Waals surface area contributed by atoms with Crippen LogP contribution in [0.3, 0.4) is 0 Å². The zero-order valence-electron chi connectivity index (χ0n) is 9.12. The van der Waals surface area contributed by atoms with Crippen molar-refractivity contribution in [2.75, 3.05) is 13.2 Å². The Hall–Kier alpha value is -1.15. The molecule has 0 radical (unpaired) electrons. The van der Waals surface area contributed by atoms with Gasteiger partial charge in [0.05, 0.1) is 12.1 Å². The second-order valence-electron chi connectivity index (χ2n) is 4.26. The minimum absolute atomic E-state index is 0.110. The molecule has 2 unspecified atom stereocenters. The zero-order chi connectivity index (χ0) is 12.7. The molecule has 1 aliphatic heterocycles. The molecule has 8 heteroatoms. The Morgan fingerprint density at radius 2 is 2.12 bits per heavy atom. The fraction of sp³-hybridized carbons (Fsp3) is 0.778. The van der Waals surface area contributed by atoms with E-state index in [9.17, 15) is 13.2 Å². The minimum Gasteiger partial charge on any atom is -0.381 e. The van der Waals surface area contributed by atoms with Crippen molar-refractivity contribution in [2.24, 2.45) is 11.7 Å². The number of nitrogens with two attached hydrogens (primary N) is 1. The molecule has 0 aromatic carbocycles. The molecule has 17 heavy (non-hydrogen) atoms. The Balaban J connectivity index is 2.24. The summed E-state index contributed by atoms with van der Waals surface area (Å²) in [4.78, 5) is 3.31. The molecule has 5 nitrogen and oxygen atoms in total. The van der Waals surface area contributed by atoms with E-state index < -0.39 is 17.6 Å². The van der Waals surface area contributed by atoms with Gasteiger partial charge in [-0.1, -0.05) is 5.16 Å². The number of aromatic nitrogens is 2. The maximum absolute atomic E-state index is 12.3. The van der Waals surface area contributed by atoms with Gasteiger partial charge in [0.2, 0.25) is 0 Å². The molecule has 0 aliphatic carbocycles. The highest BCUT2D eigenvalue weighted by molar-refractivity contribution is 5.06. The molecular weight excluding hydrogens is 239 g/mol. The van der Waals surface area contributed by atoms with E-state index in [4.69, 9.17) is 10.5 Å². The largest absolute Gasteiger partial charge is 0.471 e. The second kappa shape index (κ2) is 3.95. The molecule has 2 heterocycles. The van der Waals surface area contributed by atoms with Crippen LogP contribution in [0.1, 0.15) is 25.1 Å². The molecule has 1 saturated heterocycles. The Bertz CT molecular complexity index is 396. The normalized spacial score (nSPS) is 24.9. The van der Waals surface area contributed by atoms with Crippen LogP contribution in [-0.4, -0.2) is 23.4 Å². The molecule has 2 N–H and O–H groups in total. The smallest absolute Gasteiger partial charge is 0.381 e. The lowest BCUT2D eigenvalue weighted by atomic mass is 9.85. The van der Waals surface area contributed by atoms with Gasteiger partial charge in [-0.05, 0) is 13.3 Å². The third-order valence-electron chi connectivity index (χ3n) is 2.93. The number of hydrogen-bond donors (Lipinski definition) is 1. The molecule has 1 aliphatic rings. The summed E-state index contributed by atoms with van der Waals surface area (Å²) in [5, 5.41) is 3.31. The van der Waals surface area contributed by atoms with Crippen molar-refractivity contribution in [1.82, 2.24) is 10.1 Å². The summed E-state index contributed by atoms with van der Waals surface area (Å²) in [5.41, 5.74) is 4.89. The van der Waals surface area contributed by atoms with Gasteiger partial charge in [-0.3, -0.25) is 0 Å². The van der Waals surface area contributed by atoms with Gasteiger partial charge < -0.3 is 15.0 Å². The van der Waals surface area contributed by atoms with Crippen LogP contribution in [-0.2, 0) is 16.5 Å². The lowest BCUT2D eigenvalue weighted by Crippen LogP contribution is -2.42. The number of alkyl halides is 3. The monoisotopic (exact) mass is 251 g/mol. The molecule has 2 rings (SSSR count). The molecule has 1 fully saturated rings. The molecule has 0 bridgehead atoms. The van der Waals surface area contributed by atoms with E-state index in [0.29, 0.717) is 19.6 Å². The summed E-state index contributed by atoms with van der Waals surface area (Å²) in [6.45, 7) is 2.52. The molecular formula is C9H12F3N3O2. The van der Waals surface area contributed by atoms with E-state index in [1.54, 1.807) is 6.92 Å². The molecule has 96 valence electrons. The Kier molecular flexibility index (Phi) is 2.86. The summed E-state index contributed by atoms with van der Waals surface area (Å²) >= 11 is 0. The predicted molar refractivity (Wildman–Crippen MR) is 49.8 cm³/mol. The van der Waals surface area contributed by atoms with Crippen molar-refractivity contribution in [1.29, 1.82) is 0 Å². The lowest BCUT2D eigenvalue weighted by Gasteiger charge is -2.26. The molecule has 0 spiro atoms. The van der Waals surface area contributed by atoms with Crippen molar-refractivity contribution in [3.05, 3.63) is 11.7 Å². The summed E-state index contributed by atoms with van der Waals surface area (Å²) in [5.74, 6) is -1.62. The van der Waals surface area contributed by atoms with Crippen LogP contribution >= 0.6 is 0 Å². The molecule has 2 atom stereocenters. The van der Waals surface area contributed by atoms with Crippen LogP contribution in [0.2, 0.25) is 0 Å². The van der Waals surface area contributed by atoms with Gasteiger partial charge in [-0.2, -0.15) is 18.2 Å². The average molecular weight is 251 g/mol. The van der Waals surface area contributed by atoms with Gasteiger partial charge in [-0.15, -0.1) is 0 Å². The van der Waals surface area contributed by atoms with Crippen molar-refractivity contribution in [2.45, 2.75) is 25.1 Å². The second-order valence-corrected chi connectivity index (χ2v) is 4.26. The maximum Gasteiger partial charge on any atom is 0.471 e. The summed E-state index contributed by atoms with van der Waals surface area (Å²) in [7, 11) is 0. The average Bonchev–Trinajstić information content (AvgIpc) is 2.89. The standard InChI is InChI=1S/C9H12F3N3O2/c1-8(13,5-2-3-16-4-5)6-14-7(17-15-6)9(10,11)12/h5H,2-4,13H2,1H3. The van der Waals surface area contributed by atoms with Gasteiger partial charge in [0.1, 0.15) is 0 Å². The fourth-order valence-electron chi connectivity index (χ4n) is 1.75. The summed E-state index contributed by atoms with van der Waals surface area (Å²) in [6.07, 6.45) is -3.98. The third kappa shape index (κ3) is 2.27. The van der Waals surface area contributed by atoms with Crippen LogP contribution in [0.25, 0.3) is 0 Å². The Labute approximate surface area is 95.1 Å². The van der Waals surface area contributed by atoms with Gasteiger partial charge >= 0.3 is 12.1 Å². The van der Waals surface area contributed by atoms with Crippen LogP contribution in [0.4, 0.5) is 13.2 Å². The number of hydrogen-bond acceptors (Lipinski definition) is 5. The van der Waals surface area contributed by atoms with Crippen molar-refractivity contribution < 1.29 is 22.4 Å². The SMILES string of the molecule is CC(N)(c1noc(C(F)(F)F)n1)C1CCOC1. The van der Waals surface area contributed by atoms with E-state index in [1.165, 1.54) is 0 Å². The Morgan fingerprint density at radius 1 is 1.41 bits per heavy atom. The fourth-order valence-corrected chi connectivity index (χ4v) is 1.75. The first-order valence-corrected chi connectivity index (χ1v) is 5.10. The number of halogens is 3. The first-order chi connectivity index (χ1) is 7.82. The van der Waals surface area contributed by atoms with Crippen molar-refractivity contribution in [3.63, 3.8) is 0 Å². The highest BCUT2D eigenvalue weighted by Gasteiger charge is 2.43. The minimum atomic E-state index is -4.65. The topological polar surface area (TPSA) is 74.2 Å². The van der Waals surface area contributed by atoms with Crippen molar-refractivity contribution >= 4 is 0 Å². The van der Waals surface area contributed by atoms with Gasteiger partial charge in [0.25, 0.3) is 0 Å². The summed E-state index contributed by atoms with van der Waals surface area (Å²) in [6, 6.07) is 0. The molecule has 1 aromatic heterocycles. The van der Waals surface area contributed by atoms with Gasteiger partial charge in [-0.25, -0.2) is 0 Å². The maximum atomic E-state index is 12.3. The van der Waals surface area contributed by atoms with Crippen LogP contribution in [0, 0.1) is 5.92 Å². The molecule has 0 saturated carbocycles. The molecule has 1 aromatic rings. The highest BCUT2D eigenvalue weighted by atomic mass is 19.4. The lowest BCUT2D eigenvalue weighted by molar-refractivity contribution is -0.159. The van der Waals surface area contributed by atoms with Crippen molar-refractivity contribution in [3.8, 4) is 0 Å². The van der Waals surface area contributed by atoms with E-state index in [2.05, 4.69) is 14.7 Å². The number of rotatable bonds is 2.